The highest BCUT2D eigenvalue weighted by molar-refractivity contribution is 6.73. The van der Waals surface area contributed by atoms with Crippen LogP contribution in [0, 0.1) is 13.8 Å². The number of hydrogen-bond donors (Lipinski definition) is 1. The van der Waals surface area contributed by atoms with Gasteiger partial charge < -0.3 is 10.2 Å². The van der Waals surface area contributed by atoms with Gasteiger partial charge >= 0.3 is 0 Å². The van der Waals surface area contributed by atoms with Crippen molar-refractivity contribution >= 4 is 68.2 Å². The van der Waals surface area contributed by atoms with Gasteiger partial charge in [-0.15, -0.1) is 0 Å². The number of fused-ring (bicyclic) bond motifs is 4. The maximum Gasteiger partial charge on any atom is 0.197 e. The van der Waals surface area contributed by atoms with Gasteiger partial charge in [-0.3, -0.25) is 0 Å². The molecule has 0 atom stereocenters. The molecule has 1 heterocycles. The lowest BCUT2D eigenvalue weighted by molar-refractivity contribution is 1.26. The van der Waals surface area contributed by atoms with Crippen LogP contribution in [0.25, 0.3) is 66.1 Å². The second-order valence-corrected chi connectivity index (χ2v) is 16.2. The standard InChI is InChI=1S/C58H42BN2/c1-38-15-9-13-23-49(38)47-33-51(57-50-24-14-12-20-43(50)29-32-53(57)60-48-30-27-42(28-31-48)40-16-5-3-6-17-40)58-56(37-47)61(55-36-45-22-11-10-21-44(45)34-52(55)59-58)54-35-46(26-25-39(54)2)41-18-7-4-8-19-41/h3-37,60H,1-2H3. The van der Waals surface area contributed by atoms with E-state index in [1.54, 1.807) is 0 Å². The smallest absolute Gasteiger partial charge is 0.197 e. The number of nitrogens with zero attached hydrogens (tertiary/aromatic N) is 1. The van der Waals surface area contributed by atoms with E-state index in [1.165, 1.54) is 93.8 Å². The molecule has 287 valence electrons. The number of anilines is 5. The number of rotatable bonds is 7. The Labute approximate surface area is 358 Å². The Morgan fingerprint density at radius 1 is 0.393 bits per heavy atom. The van der Waals surface area contributed by atoms with Crippen molar-refractivity contribution in [1.29, 1.82) is 0 Å². The van der Waals surface area contributed by atoms with Crippen molar-refractivity contribution in [1.82, 2.24) is 0 Å². The monoisotopic (exact) mass is 777 g/mol. The topological polar surface area (TPSA) is 15.3 Å². The van der Waals surface area contributed by atoms with Crippen molar-refractivity contribution in [3.05, 3.63) is 223 Å². The number of hydrogen-bond acceptors (Lipinski definition) is 2. The predicted molar refractivity (Wildman–Crippen MR) is 262 cm³/mol. The molecule has 1 radical (unpaired) electrons. The molecule has 10 aromatic rings. The van der Waals surface area contributed by atoms with E-state index in [-0.39, 0.29) is 0 Å². The molecule has 0 aromatic heterocycles. The minimum absolute atomic E-state index is 1.04. The van der Waals surface area contributed by atoms with Gasteiger partial charge in [0.2, 0.25) is 0 Å². The van der Waals surface area contributed by atoms with Gasteiger partial charge in [0.05, 0.1) is 0 Å². The minimum Gasteiger partial charge on any atom is -0.355 e. The number of benzene rings is 10. The Morgan fingerprint density at radius 2 is 1.00 bits per heavy atom. The fourth-order valence-electron chi connectivity index (χ4n) is 9.19. The van der Waals surface area contributed by atoms with Crippen LogP contribution < -0.4 is 21.1 Å². The van der Waals surface area contributed by atoms with E-state index < -0.39 is 0 Å². The lowest BCUT2D eigenvalue weighted by atomic mass is 9.57. The quantitative estimate of drug-likeness (QED) is 0.162. The molecule has 1 aliphatic rings. The summed E-state index contributed by atoms with van der Waals surface area (Å²) in [6, 6.07) is 77.4. The van der Waals surface area contributed by atoms with Crippen LogP contribution in [0.5, 0.6) is 0 Å². The first kappa shape index (κ1) is 36.5. The number of nitrogens with one attached hydrogen (secondary N) is 1. The lowest BCUT2D eigenvalue weighted by Crippen LogP contribution is -2.41. The molecule has 1 N–H and O–H groups in total. The summed E-state index contributed by atoms with van der Waals surface area (Å²) in [5.41, 5.74) is 19.9. The molecule has 2 nitrogen and oxygen atoms in total. The van der Waals surface area contributed by atoms with Crippen LogP contribution >= 0.6 is 0 Å². The Kier molecular flexibility index (Phi) is 9.09. The molecule has 1 aliphatic heterocycles. The summed E-state index contributed by atoms with van der Waals surface area (Å²) in [6.07, 6.45) is 0. The van der Waals surface area contributed by atoms with Crippen molar-refractivity contribution in [2.45, 2.75) is 13.8 Å². The van der Waals surface area contributed by atoms with Crippen LogP contribution in [0.4, 0.5) is 28.4 Å². The summed E-state index contributed by atoms with van der Waals surface area (Å²) in [6.45, 7) is 4.46. The zero-order valence-corrected chi connectivity index (χ0v) is 34.2. The highest BCUT2D eigenvalue weighted by atomic mass is 15.2. The van der Waals surface area contributed by atoms with Crippen molar-refractivity contribution < 1.29 is 0 Å². The average molecular weight is 778 g/mol. The third-order valence-electron chi connectivity index (χ3n) is 12.3. The maximum absolute atomic E-state index is 3.91. The summed E-state index contributed by atoms with van der Waals surface area (Å²) in [5.74, 6) is 0. The van der Waals surface area contributed by atoms with Crippen LogP contribution in [0.15, 0.2) is 212 Å². The van der Waals surface area contributed by atoms with Gasteiger partial charge in [-0.2, -0.15) is 0 Å². The van der Waals surface area contributed by atoms with Crippen LogP contribution in [0.1, 0.15) is 11.1 Å². The van der Waals surface area contributed by atoms with Crippen LogP contribution in [0.2, 0.25) is 0 Å². The SMILES string of the molecule is Cc1ccccc1-c1cc(-c2c(Nc3ccc(-c4ccccc4)cc3)ccc3ccccc23)c2c(c1)N(c1cc(-c3ccccc3)ccc1C)c1cc3ccccc3cc1[B]2. The summed E-state index contributed by atoms with van der Waals surface area (Å²) >= 11 is 0. The van der Waals surface area contributed by atoms with E-state index in [2.05, 4.69) is 244 Å². The van der Waals surface area contributed by atoms with Gasteiger partial charge in [0, 0.05) is 34.0 Å². The maximum atomic E-state index is 3.91. The second kappa shape index (κ2) is 15.2. The third-order valence-corrected chi connectivity index (χ3v) is 12.3. The third kappa shape index (κ3) is 6.65. The van der Waals surface area contributed by atoms with E-state index in [1.807, 2.05) is 0 Å². The molecule has 11 rings (SSSR count). The van der Waals surface area contributed by atoms with Gasteiger partial charge in [0.1, 0.15) is 0 Å². The molecular weight excluding hydrogens is 735 g/mol. The van der Waals surface area contributed by atoms with Gasteiger partial charge in [-0.1, -0.05) is 175 Å². The van der Waals surface area contributed by atoms with Gasteiger partial charge in [0.25, 0.3) is 0 Å². The molecular formula is C58H42BN2. The fourth-order valence-corrected chi connectivity index (χ4v) is 9.19. The second-order valence-electron chi connectivity index (χ2n) is 16.2. The minimum atomic E-state index is 1.04. The Hall–Kier alpha value is -7.62. The molecule has 0 spiro atoms. The van der Waals surface area contributed by atoms with Gasteiger partial charge in [-0.25, -0.2) is 0 Å². The first-order chi connectivity index (χ1) is 30.1. The van der Waals surface area contributed by atoms with E-state index in [0.29, 0.717) is 0 Å². The van der Waals surface area contributed by atoms with Crippen LogP contribution in [-0.2, 0) is 0 Å². The Balaban J connectivity index is 1.19. The molecule has 0 unspecified atom stereocenters. The van der Waals surface area contributed by atoms with Crippen LogP contribution in [0.3, 0.4) is 0 Å². The molecule has 0 bridgehead atoms. The van der Waals surface area contributed by atoms with Crippen molar-refractivity contribution in [2.24, 2.45) is 0 Å². The summed E-state index contributed by atoms with van der Waals surface area (Å²) in [7, 11) is 2.43. The largest absolute Gasteiger partial charge is 0.355 e. The predicted octanol–water partition coefficient (Wildman–Crippen LogP) is 14.5. The number of aryl methyl sites for hydroxylation is 2. The van der Waals surface area contributed by atoms with E-state index in [0.717, 1.165) is 22.7 Å². The van der Waals surface area contributed by atoms with Crippen molar-refractivity contribution in [3.63, 3.8) is 0 Å². The lowest BCUT2D eigenvalue weighted by Gasteiger charge is -2.37. The molecule has 0 aliphatic carbocycles. The van der Waals surface area contributed by atoms with E-state index >= 15 is 0 Å². The summed E-state index contributed by atoms with van der Waals surface area (Å²) in [4.78, 5) is 2.53. The normalized spacial score (nSPS) is 11.9. The van der Waals surface area contributed by atoms with E-state index in [4.69, 9.17) is 0 Å². The molecule has 0 amide bonds. The Morgan fingerprint density at radius 3 is 1.75 bits per heavy atom. The first-order valence-corrected chi connectivity index (χ1v) is 21.1. The summed E-state index contributed by atoms with van der Waals surface area (Å²) < 4.78 is 0. The zero-order chi connectivity index (χ0) is 40.9. The molecule has 0 saturated carbocycles. The van der Waals surface area contributed by atoms with E-state index in [9.17, 15) is 0 Å². The Bertz CT molecular complexity index is 3260. The van der Waals surface area contributed by atoms with Crippen LogP contribution in [-0.4, -0.2) is 7.28 Å². The molecule has 3 heteroatoms. The van der Waals surface area contributed by atoms with Gasteiger partial charge in [0.15, 0.2) is 7.28 Å². The molecule has 10 aromatic carbocycles. The van der Waals surface area contributed by atoms with Crippen molar-refractivity contribution in [2.75, 3.05) is 10.2 Å². The fraction of sp³-hybridized carbons (Fsp3) is 0.0345. The molecule has 0 saturated heterocycles. The van der Waals surface area contributed by atoms with Crippen molar-refractivity contribution in [3.8, 4) is 44.5 Å². The molecule has 0 fully saturated rings. The van der Waals surface area contributed by atoms with Gasteiger partial charge in [-0.05, 0) is 133 Å². The zero-order valence-electron chi connectivity index (χ0n) is 34.2. The molecule has 61 heavy (non-hydrogen) atoms. The average Bonchev–Trinajstić information content (AvgIpc) is 3.31. The first-order valence-electron chi connectivity index (χ1n) is 21.1. The summed E-state index contributed by atoms with van der Waals surface area (Å²) in [5, 5.41) is 8.75. The highest BCUT2D eigenvalue weighted by Crippen LogP contribution is 2.46. The highest BCUT2D eigenvalue weighted by Gasteiger charge is 2.31.